The van der Waals surface area contributed by atoms with Gasteiger partial charge in [0.25, 0.3) is 5.91 Å². The summed E-state index contributed by atoms with van der Waals surface area (Å²) in [6.45, 7) is 2.34. The first-order valence-corrected chi connectivity index (χ1v) is 11.7. The van der Waals surface area contributed by atoms with Crippen LogP contribution in [-0.4, -0.2) is 19.1 Å². The Morgan fingerprint density at radius 3 is 2.67 bits per heavy atom. The Kier molecular flexibility index (Phi) is 8.52. The van der Waals surface area contributed by atoms with Crippen LogP contribution >= 0.6 is 15.9 Å². The van der Waals surface area contributed by atoms with Crippen molar-refractivity contribution in [2.75, 3.05) is 7.11 Å². The molecule has 1 aliphatic carbocycles. The van der Waals surface area contributed by atoms with Crippen molar-refractivity contribution in [3.05, 3.63) is 63.1 Å². The van der Waals surface area contributed by atoms with Crippen molar-refractivity contribution in [1.82, 2.24) is 5.32 Å². The lowest BCUT2D eigenvalue weighted by Gasteiger charge is -2.29. The summed E-state index contributed by atoms with van der Waals surface area (Å²) in [4.78, 5) is 12.7. The molecule has 2 aromatic rings. The topological polar surface area (TPSA) is 95.1 Å². The average Bonchev–Trinajstić information content (AvgIpc) is 2.83. The fourth-order valence-electron chi connectivity index (χ4n) is 3.93. The molecule has 3 rings (SSSR count). The summed E-state index contributed by atoms with van der Waals surface area (Å²) in [6.07, 6.45) is 5.83. The summed E-state index contributed by atoms with van der Waals surface area (Å²) in [7, 11) is 1.52. The van der Waals surface area contributed by atoms with E-state index in [1.165, 1.54) is 13.5 Å². The average molecular weight is 508 g/mol. The van der Waals surface area contributed by atoms with E-state index in [1.807, 2.05) is 18.2 Å². The van der Waals surface area contributed by atoms with Crippen LogP contribution in [0.15, 0.2) is 46.4 Å². The van der Waals surface area contributed by atoms with Gasteiger partial charge in [-0.3, -0.25) is 4.79 Å². The summed E-state index contributed by atoms with van der Waals surface area (Å²) < 4.78 is 12.0. The minimum absolute atomic E-state index is 0.0344. The molecule has 1 N–H and O–H groups in total. The maximum atomic E-state index is 12.7. The lowest BCUT2D eigenvalue weighted by atomic mass is 9.86. The van der Waals surface area contributed by atoms with Crippen LogP contribution in [0.25, 0.3) is 6.08 Å². The summed E-state index contributed by atoms with van der Waals surface area (Å²) in [5.74, 6) is 0.971. The van der Waals surface area contributed by atoms with Gasteiger partial charge in [0.15, 0.2) is 11.5 Å². The quantitative estimate of drug-likeness (QED) is 0.393. The van der Waals surface area contributed by atoms with Gasteiger partial charge in [-0.05, 0) is 48.6 Å². The van der Waals surface area contributed by atoms with Gasteiger partial charge in [0.05, 0.1) is 18.7 Å². The van der Waals surface area contributed by atoms with E-state index in [0.717, 1.165) is 24.8 Å². The summed E-state index contributed by atoms with van der Waals surface area (Å²) in [5.41, 5.74) is 1.97. The van der Waals surface area contributed by atoms with Crippen molar-refractivity contribution in [3.8, 4) is 23.6 Å². The third kappa shape index (κ3) is 6.15. The van der Waals surface area contributed by atoms with E-state index in [-0.39, 0.29) is 24.1 Å². The molecule has 0 heterocycles. The zero-order valence-corrected chi connectivity index (χ0v) is 20.3. The highest BCUT2D eigenvalue weighted by atomic mass is 79.9. The van der Waals surface area contributed by atoms with Gasteiger partial charge in [-0.1, -0.05) is 53.9 Å². The lowest BCUT2D eigenvalue weighted by molar-refractivity contribution is -0.118. The third-order valence-electron chi connectivity index (χ3n) is 5.90. The number of ether oxygens (including phenoxy) is 2. The van der Waals surface area contributed by atoms with Gasteiger partial charge in [0, 0.05) is 16.1 Å². The number of carbonyl (C=O) groups is 1. The first-order valence-electron chi connectivity index (χ1n) is 10.9. The van der Waals surface area contributed by atoms with E-state index in [2.05, 4.69) is 34.2 Å². The van der Waals surface area contributed by atoms with Crippen LogP contribution in [0, 0.1) is 28.6 Å². The number of hydrogen-bond donors (Lipinski definition) is 1. The second-order valence-corrected chi connectivity index (χ2v) is 8.95. The van der Waals surface area contributed by atoms with Crippen LogP contribution in [0.1, 0.15) is 49.3 Å². The fourth-order valence-corrected chi connectivity index (χ4v) is 4.36. The third-order valence-corrected chi connectivity index (χ3v) is 6.58. The van der Waals surface area contributed by atoms with Gasteiger partial charge >= 0.3 is 0 Å². The molecule has 0 radical (unpaired) electrons. The van der Waals surface area contributed by atoms with Crippen molar-refractivity contribution in [3.63, 3.8) is 0 Å². The summed E-state index contributed by atoms with van der Waals surface area (Å²) in [5, 5.41) is 21.9. The van der Waals surface area contributed by atoms with Gasteiger partial charge in [-0.15, -0.1) is 0 Å². The van der Waals surface area contributed by atoms with Gasteiger partial charge in [0.1, 0.15) is 18.2 Å². The molecule has 2 atom stereocenters. The molecular formula is C26H26BrN3O3. The SMILES string of the molecule is COc1cc(/C=C(\C#N)C(=O)N[C@@H]2CCCC[C@@H]2C)c(Br)cc1OCc1ccccc1C#N. The van der Waals surface area contributed by atoms with E-state index in [9.17, 15) is 15.3 Å². The van der Waals surface area contributed by atoms with Crippen molar-refractivity contribution < 1.29 is 14.3 Å². The second kappa shape index (κ2) is 11.5. The number of nitrogens with one attached hydrogen (secondary N) is 1. The maximum Gasteiger partial charge on any atom is 0.262 e. The Balaban J connectivity index is 1.80. The van der Waals surface area contributed by atoms with Crippen LogP contribution in [0.5, 0.6) is 11.5 Å². The van der Waals surface area contributed by atoms with Crippen LogP contribution < -0.4 is 14.8 Å². The van der Waals surface area contributed by atoms with Crippen molar-refractivity contribution in [2.24, 2.45) is 5.92 Å². The molecule has 0 saturated heterocycles. The molecule has 1 amide bonds. The van der Waals surface area contributed by atoms with Crippen LogP contribution in [-0.2, 0) is 11.4 Å². The van der Waals surface area contributed by atoms with Crippen LogP contribution in [0.3, 0.4) is 0 Å². The van der Waals surface area contributed by atoms with Gasteiger partial charge in [0.2, 0.25) is 0 Å². The molecule has 1 saturated carbocycles. The highest BCUT2D eigenvalue weighted by Crippen LogP contribution is 2.35. The standard InChI is InChI=1S/C26H26BrN3O3/c1-17-7-3-6-10-23(17)30-26(31)21(15-29)11-20-12-24(32-2)25(13-22(20)27)33-16-19-9-5-4-8-18(19)14-28/h4-5,8-9,11-13,17,23H,3,6-7,10,16H2,1-2H3,(H,30,31)/b21-11+/t17-,23+/m0/s1. The Hall–Kier alpha value is -3.29. The number of amides is 1. The highest BCUT2D eigenvalue weighted by molar-refractivity contribution is 9.10. The Morgan fingerprint density at radius 1 is 1.21 bits per heavy atom. The number of benzene rings is 2. The van der Waals surface area contributed by atoms with E-state index in [1.54, 1.807) is 30.3 Å². The Bertz CT molecular complexity index is 1130. The number of rotatable bonds is 7. The highest BCUT2D eigenvalue weighted by Gasteiger charge is 2.24. The molecule has 0 aromatic heterocycles. The zero-order valence-electron chi connectivity index (χ0n) is 18.7. The predicted octanol–water partition coefficient (Wildman–Crippen LogP) is 5.51. The smallest absolute Gasteiger partial charge is 0.262 e. The van der Waals surface area contributed by atoms with E-state index >= 15 is 0 Å². The molecule has 33 heavy (non-hydrogen) atoms. The molecular weight excluding hydrogens is 482 g/mol. The lowest BCUT2D eigenvalue weighted by Crippen LogP contribution is -2.41. The van der Waals surface area contributed by atoms with Gasteiger partial charge in [-0.25, -0.2) is 0 Å². The first kappa shape index (κ1) is 24.4. The molecule has 7 heteroatoms. The molecule has 1 aliphatic rings. The molecule has 0 spiro atoms. The van der Waals surface area contributed by atoms with Crippen molar-refractivity contribution >= 4 is 27.9 Å². The Labute approximate surface area is 202 Å². The number of methoxy groups -OCH3 is 1. The number of nitriles is 2. The molecule has 1 fully saturated rings. The molecule has 170 valence electrons. The minimum Gasteiger partial charge on any atom is -0.493 e. The summed E-state index contributed by atoms with van der Waals surface area (Å²) >= 11 is 3.51. The van der Waals surface area contributed by atoms with E-state index in [0.29, 0.717) is 33.0 Å². The van der Waals surface area contributed by atoms with Crippen molar-refractivity contribution in [2.45, 2.75) is 45.3 Å². The van der Waals surface area contributed by atoms with Gasteiger partial charge in [-0.2, -0.15) is 10.5 Å². The number of nitrogens with zero attached hydrogens (tertiary/aromatic N) is 2. The van der Waals surface area contributed by atoms with Gasteiger partial charge < -0.3 is 14.8 Å². The second-order valence-electron chi connectivity index (χ2n) is 8.09. The monoisotopic (exact) mass is 507 g/mol. The van der Waals surface area contributed by atoms with Crippen LogP contribution in [0.4, 0.5) is 0 Å². The molecule has 0 unspecified atom stereocenters. The summed E-state index contributed by atoms with van der Waals surface area (Å²) in [6, 6.07) is 14.9. The number of hydrogen-bond acceptors (Lipinski definition) is 5. The van der Waals surface area contributed by atoms with Crippen molar-refractivity contribution in [1.29, 1.82) is 10.5 Å². The number of halogens is 1. The zero-order chi connectivity index (χ0) is 23.8. The maximum absolute atomic E-state index is 12.7. The predicted molar refractivity (Wildman–Crippen MR) is 129 cm³/mol. The van der Waals surface area contributed by atoms with Crippen LogP contribution in [0.2, 0.25) is 0 Å². The fraction of sp³-hybridized carbons (Fsp3) is 0.346. The molecule has 0 aliphatic heterocycles. The molecule has 6 nitrogen and oxygen atoms in total. The largest absolute Gasteiger partial charge is 0.493 e. The number of carbonyl (C=O) groups excluding carboxylic acids is 1. The first-order chi connectivity index (χ1) is 16.0. The molecule has 2 aromatic carbocycles. The minimum atomic E-state index is -0.365. The molecule has 0 bridgehead atoms. The van der Waals surface area contributed by atoms with E-state index in [4.69, 9.17) is 9.47 Å². The Morgan fingerprint density at radius 2 is 1.97 bits per heavy atom. The van der Waals surface area contributed by atoms with E-state index < -0.39 is 0 Å². The normalized spacial score (nSPS) is 18.0.